The normalized spacial score (nSPS) is 11.2. The maximum Gasteiger partial charge on any atom is 0.253 e. The fourth-order valence-electron chi connectivity index (χ4n) is 1.77. The molecule has 0 fully saturated rings. The van der Waals surface area contributed by atoms with Gasteiger partial charge >= 0.3 is 0 Å². The van der Waals surface area contributed by atoms with Gasteiger partial charge in [0.2, 0.25) is 10.0 Å². The predicted octanol–water partition coefficient (Wildman–Crippen LogP) is 0.00390. The van der Waals surface area contributed by atoms with Gasteiger partial charge in [-0.1, -0.05) is 0 Å². The van der Waals surface area contributed by atoms with Gasteiger partial charge in [-0.15, -0.1) is 0 Å². The van der Waals surface area contributed by atoms with Crippen molar-refractivity contribution in [2.45, 2.75) is 6.42 Å². The highest BCUT2D eigenvalue weighted by atomic mass is 32.2. The van der Waals surface area contributed by atoms with Crippen LogP contribution in [0.5, 0.6) is 0 Å². The molecule has 1 amide bonds. The van der Waals surface area contributed by atoms with Crippen molar-refractivity contribution >= 4 is 27.3 Å². The van der Waals surface area contributed by atoms with Gasteiger partial charge in [0.1, 0.15) is 0 Å². The largest absolute Gasteiger partial charge is 0.399 e. The van der Waals surface area contributed by atoms with Crippen LogP contribution in [0.2, 0.25) is 0 Å². The Labute approximate surface area is 125 Å². The van der Waals surface area contributed by atoms with E-state index in [1.54, 1.807) is 18.2 Å². The zero-order valence-corrected chi connectivity index (χ0v) is 13.3. The van der Waals surface area contributed by atoms with Crippen molar-refractivity contribution in [3.63, 3.8) is 0 Å². The molecular formula is C13H22N4O3S. The lowest BCUT2D eigenvalue weighted by molar-refractivity contribution is 0.0954. The molecule has 1 rings (SSSR count). The number of anilines is 2. The third-order valence-electron chi connectivity index (χ3n) is 2.75. The van der Waals surface area contributed by atoms with Gasteiger partial charge < -0.3 is 16.0 Å². The number of hydrogen-bond acceptors (Lipinski definition) is 5. The number of nitrogens with zero attached hydrogens (tertiary/aromatic N) is 1. The number of nitrogens with one attached hydrogen (secondary N) is 2. The average molecular weight is 314 g/mol. The molecule has 0 bridgehead atoms. The summed E-state index contributed by atoms with van der Waals surface area (Å²) in [5, 5.41) is 2.75. The molecule has 0 aliphatic heterocycles. The fourth-order valence-corrected chi connectivity index (χ4v) is 2.28. The van der Waals surface area contributed by atoms with Gasteiger partial charge in [-0.2, -0.15) is 0 Å². The Balaban J connectivity index is 2.58. The van der Waals surface area contributed by atoms with Crippen LogP contribution in [0.3, 0.4) is 0 Å². The maximum atomic E-state index is 12.2. The second-order valence-electron chi connectivity index (χ2n) is 4.95. The summed E-state index contributed by atoms with van der Waals surface area (Å²) in [5.41, 5.74) is 7.50. The van der Waals surface area contributed by atoms with Crippen LogP contribution < -0.4 is 20.7 Å². The first-order valence-electron chi connectivity index (χ1n) is 6.50. The van der Waals surface area contributed by atoms with Gasteiger partial charge in [0.15, 0.2) is 0 Å². The first-order chi connectivity index (χ1) is 9.70. The number of benzene rings is 1. The zero-order valence-electron chi connectivity index (χ0n) is 12.5. The Kier molecular flexibility index (Phi) is 5.98. The molecule has 0 atom stereocenters. The molecule has 0 unspecified atom stereocenters. The summed E-state index contributed by atoms with van der Waals surface area (Å²) >= 11 is 0. The molecule has 0 saturated carbocycles. The lowest BCUT2D eigenvalue weighted by Crippen LogP contribution is -2.30. The van der Waals surface area contributed by atoms with Crippen molar-refractivity contribution in [3.05, 3.63) is 23.8 Å². The summed E-state index contributed by atoms with van der Waals surface area (Å²) < 4.78 is 24.1. The molecule has 0 radical (unpaired) electrons. The smallest absolute Gasteiger partial charge is 0.253 e. The summed E-state index contributed by atoms with van der Waals surface area (Å²) in [4.78, 5) is 14.0. The van der Waals surface area contributed by atoms with Crippen LogP contribution in [-0.2, 0) is 10.0 Å². The molecule has 0 aliphatic rings. The summed E-state index contributed by atoms with van der Waals surface area (Å²) in [6.45, 7) is 0.666. The van der Waals surface area contributed by atoms with Gasteiger partial charge in [0, 0.05) is 38.6 Å². The number of rotatable bonds is 7. The van der Waals surface area contributed by atoms with Gasteiger partial charge in [-0.3, -0.25) is 4.79 Å². The number of amides is 1. The second kappa shape index (κ2) is 7.28. The van der Waals surface area contributed by atoms with Crippen LogP contribution in [0.4, 0.5) is 11.4 Å². The molecule has 0 heterocycles. The van der Waals surface area contributed by atoms with Gasteiger partial charge in [0.25, 0.3) is 5.91 Å². The lowest BCUT2D eigenvalue weighted by atomic mass is 10.1. The molecule has 118 valence electrons. The highest BCUT2D eigenvalue weighted by Crippen LogP contribution is 2.21. The molecule has 0 spiro atoms. The number of carbonyl (C=O) groups excluding carboxylic acids is 1. The Bertz CT molecular complexity index is 599. The molecule has 4 N–H and O–H groups in total. The Morgan fingerprint density at radius 1 is 1.29 bits per heavy atom. The third kappa shape index (κ3) is 6.01. The quantitative estimate of drug-likeness (QED) is 0.485. The summed E-state index contributed by atoms with van der Waals surface area (Å²) in [6, 6.07) is 5.15. The van der Waals surface area contributed by atoms with Crippen LogP contribution in [0, 0.1) is 0 Å². The summed E-state index contributed by atoms with van der Waals surface area (Å²) in [6.07, 6.45) is 1.61. The maximum absolute atomic E-state index is 12.2. The van der Waals surface area contributed by atoms with E-state index in [0.717, 1.165) is 11.9 Å². The second-order valence-corrected chi connectivity index (χ2v) is 6.78. The fraction of sp³-hybridized carbons (Fsp3) is 0.462. The number of nitrogen functional groups attached to an aromatic ring is 1. The molecule has 1 aromatic carbocycles. The van der Waals surface area contributed by atoms with E-state index in [4.69, 9.17) is 5.73 Å². The van der Waals surface area contributed by atoms with Crippen molar-refractivity contribution in [1.82, 2.24) is 10.0 Å². The SMILES string of the molecule is CN(C)c1ccc(N)cc1C(=O)NCCCNS(C)(=O)=O. The predicted molar refractivity (Wildman–Crippen MR) is 85.0 cm³/mol. The number of carbonyl (C=O) groups is 1. The van der Waals surface area contributed by atoms with Gasteiger partial charge in [0.05, 0.1) is 11.8 Å². The van der Waals surface area contributed by atoms with Crippen LogP contribution in [0.15, 0.2) is 18.2 Å². The van der Waals surface area contributed by atoms with Crippen LogP contribution in [0.1, 0.15) is 16.8 Å². The topological polar surface area (TPSA) is 105 Å². The van der Waals surface area contributed by atoms with E-state index in [1.165, 1.54) is 0 Å². The standard InChI is InChI=1S/C13H22N4O3S/c1-17(2)12-6-5-10(14)9-11(12)13(18)15-7-4-8-16-21(3,19)20/h5-6,9,16H,4,7-8,14H2,1-3H3,(H,15,18). The molecule has 0 aliphatic carbocycles. The summed E-state index contributed by atoms with van der Waals surface area (Å²) in [5.74, 6) is -0.231. The van der Waals surface area contributed by atoms with E-state index in [0.29, 0.717) is 24.2 Å². The molecular weight excluding hydrogens is 292 g/mol. The first-order valence-corrected chi connectivity index (χ1v) is 8.39. The minimum atomic E-state index is -3.19. The van der Waals surface area contributed by atoms with Gasteiger partial charge in [-0.05, 0) is 24.6 Å². The van der Waals surface area contributed by atoms with Crippen LogP contribution in [0.25, 0.3) is 0 Å². The summed E-state index contributed by atoms with van der Waals surface area (Å²) in [7, 11) is 0.505. The zero-order chi connectivity index (χ0) is 16.0. The van der Waals surface area contributed by atoms with Gasteiger partial charge in [-0.25, -0.2) is 13.1 Å². The molecule has 1 aromatic rings. The number of sulfonamides is 1. The van der Waals surface area contributed by atoms with Crippen molar-refractivity contribution < 1.29 is 13.2 Å². The first kappa shape index (κ1) is 17.3. The molecule has 8 heteroatoms. The molecule has 21 heavy (non-hydrogen) atoms. The monoisotopic (exact) mass is 314 g/mol. The minimum Gasteiger partial charge on any atom is -0.399 e. The molecule has 0 saturated heterocycles. The van der Waals surface area contributed by atoms with E-state index >= 15 is 0 Å². The third-order valence-corrected chi connectivity index (χ3v) is 3.48. The van der Waals surface area contributed by atoms with Crippen LogP contribution >= 0.6 is 0 Å². The minimum absolute atomic E-state index is 0.231. The van der Waals surface area contributed by atoms with Crippen LogP contribution in [-0.4, -0.2) is 47.8 Å². The lowest BCUT2D eigenvalue weighted by Gasteiger charge is -2.17. The van der Waals surface area contributed by atoms with E-state index in [-0.39, 0.29) is 12.5 Å². The Morgan fingerprint density at radius 2 is 1.95 bits per heavy atom. The Hall–Kier alpha value is -1.80. The van der Waals surface area contributed by atoms with Crippen molar-refractivity contribution in [2.75, 3.05) is 44.1 Å². The van der Waals surface area contributed by atoms with E-state index < -0.39 is 10.0 Å². The molecule has 0 aromatic heterocycles. The molecule has 7 nitrogen and oxygen atoms in total. The van der Waals surface area contributed by atoms with Crippen molar-refractivity contribution in [3.8, 4) is 0 Å². The Morgan fingerprint density at radius 3 is 2.52 bits per heavy atom. The van der Waals surface area contributed by atoms with Crippen molar-refractivity contribution in [2.24, 2.45) is 0 Å². The van der Waals surface area contributed by atoms with E-state index in [9.17, 15) is 13.2 Å². The highest BCUT2D eigenvalue weighted by molar-refractivity contribution is 7.88. The number of nitrogens with two attached hydrogens (primary N) is 1. The highest BCUT2D eigenvalue weighted by Gasteiger charge is 2.12. The van der Waals surface area contributed by atoms with Crippen molar-refractivity contribution in [1.29, 1.82) is 0 Å². The van der Waals surface area contributed by atoms with E-state index in [2.05, 4.69) is 10.0 Å². The average Bonchev–Trinajstić information content (AvgIpc) is 2.36. The number of hydrogen-bond donors (Lipinski definition) is 3. The van der Waals surface area contributed by atoms with E-state index in [1.807, 2.05) is 19.0 Å².